The van der Waals surface area contributed by atoms with E-state index in [0.717, 1.165) is 11.0 Å². The van der Waals surface area contributed by atoms with Crippen LogP contribution >= 0.6 is 11.6 Å². The summed E-state index contributed by atoms with van der Waals surface area (Å²) in [5.74, 6) is -0.668. The van der Waals surface area contributed by atoms with E-state index in [0.29, 0.717) is 45.4 Å². The number of anilines is 2. The van der Waals surface area contributed by atoms with Gasteiger partial charge in [0.1, 0.15) is 0 Å². The zero-order valence-electron chi connectivity index (χ0n) is 18.7. The summed E-state index contributed by atoms with van der Waals surface area (Å²) in [6, 6.07) is 17.6. The highest BCUT2D eigenvalue weighted by atomic mass is 35.5. The molecule has 0 unspecified atom stereocenters. The van der Waals surface area contributed by atoms with Gasteiger partial charge in [0, 0.05) is 23.0 Å². The van der Waals surface area contributed by atoms with Gasteiger partial charge in [0.25, 0.3) is 15.9 Å². The van der Waals surface area contributed by atoms with Gasteiger partial charge in [-0.3, -0.25) is 14.1 Å². The molecule has 1 N–H and O–H groups in total. The van der Waals surface area contributed by atoms with Crippen LogP contribution in [0.1, 0.15) is 15.9 Å². The Kier molecular flexibility index (Phi) is 6.14. The minimum Gasteiger partial charge on any atom is -0.362 e. The van der Waals surface area contributed by atoms with E-state index in [2.05, 4.69) is 15.3 Å². The normalized spacial score (nSPS) is 15.2. The third kappa shape index (κ3) is 4.70. The lowest BCUT2D eigenvalue weighted by Gasteiger charge is -2.28. The number of rotatable bonds is 4. The molecular formula is C25H21ClN4O4S. The molecule has 0 atom stereocenters. The van der Waals surface area contributed by atoms with Crippen molar-refractivity contribution in [2.75, 3.05) is 28.7 Å². The second-order valence-electron chi connectivity index (χ2n) is 8.10. The highest BCUT2D eigenvalue weighted by Gasteiger charge is 2.27. The Morgan fingerprint density at radius 1 is 1.09 bits per heavy atom. The molecule has 0 bridgehead atoms. The Morgan fingerprint density at radius 2 is 1.94 bits per heavy atom. The zero-order chi connectivity index (χ0) is 24.6. The lowest BCUT2D eigenvalue weighted by Crippen LogP contribution is -2.41. The van der Waals surface area contributed by atoms with Crippen molar-refractivity contribution in [1.29, 1.82) is 0 Å². The molecule has 2 aromatic carbocycles. The van der Waals surface area contributed by atoms with E-state index < -0.39 is 10.0 Å². The molecule has 0 aliphatic carbocycles. The van der Waals surface area contributed by atoms with Gasteiger partial charge in [0.15, 0.2) is 5.94 Å². The van der Waals surface area contributed by atoms with Crippen molar-refractivity contribution in [1.82, 2.24) is 9.97 Å². The van der Waals surface area contributed by atoms with Crippen molar-refractivity contribution in [2.45, 2.75) is 6.92 Å². The summed E-state index contributed by atoms with van der Waals surface area (Å²) < 4.78 is 31.0. The molecule has 10 heteroatoms. The number of amides is 1. The Labute approximate surface area is 207 Å². The average Bonchev–Trinajstić information content (AvgIpc) is 2.84. The maximum atomic E-state index is 13.0. The van der Waals surface area contributed by atoms with Crippen molar-refractivity contribution in [3.05, 3.63) is 83.0 Å². The number of hydrogen-bond donors (Lipinski definition) is 1. The van der Waals surface area contributed by atoms with Crippen molar-refractivity contribution < 1.29 is 17.9 Å². The van der Waals surface area contributed by atoms with Crippen molar-refractivity contribution in [3.8, 4) is 11.3 Å². The first kappa shape index (κ1) is 23.2. The summed E-state index contributed by atoms with van der Waals surface area (Å²) in [6.07, 6.45) is 1.71. The molecule has 1 aliphatic rings. The van der Waals surface area contributed by atoms with Gasteiger partial charge in [-0.1, -0.05) is 11.6 Å². The summed E-state index contributed by atoms with van der Waals surface area (Å²) in [4.78, 5) is 22.0. The van der Waals surface area contributed by atoms with Crippen LogP contribution in [-0.4, -0.2) is 43.4 Å². The monoisotopic (exact) mass is 508 g/mol. The zero-order valence-corrected chi connectivity index (χ0v) is 20.3. The minimum atomic E-state index is -3.54. The predicted octanol–water partition coefficient (Wildman–Crippen LogP) is 4.63. The topological polar surface area (TPSA) is 101 Å². The van der Waals surface area contributed by atoms with Gasteiger partial charge in [0.2, 0.25) is 0 Å². The molecule has 1 amide bonds. The molecule has 1 aliphatic heterocycles. The molecule has 0 saturated carbocycles. The number of hydrogen-bond acceptors (Lipinski definition) is 6. The lowest BCUT2D eigenvalue weighted by atomic mass is 10.1. The fraction of sp³-hybridized carbons (Fsp3) is 0.160. The number of aryl methyl sites for hydroxylation is 1. The van der Waals surface area contributed by atoms with Crippen LogP contribution < -0.4 is 9.62 Å². The maximum absolute atomic E-state index is 13.0. The first-order valence-electron chi connectivity index (χ1n) is 10.8. The summed E-state index contributed by atoms with van der Waals surface area (Å²) in [7, 11) is -3.54. The molecule has 35 heavy (non-hydrogen) atoms. The largest absolute Gasteiger partial charge is 0.362 e. The number of carbonyl (C=O) groups is 1. The van der Waals surface area contributed by atoms with Crippen molar-refractivity contribution >= 4 is 49.9 Å². The number of carbonyl (C=O) groups excluding carboxylic acids is 1. The van der Waals surface area contributed by atoms with Crippen LogP contribution in [0.4, 0.5) is 11.4 Å². The molecular weight excluding hydrogens is 488 g/mol. The van der Waals surface area contributed by atoms with E-state index in [1.165, 1.54) is 4.31 Å². The van der Waals surface area contributed by atoms with E-state index in [4.69, 9.17) is 16.3 Å². The van der Waals surface area contributed by atoms with E-state index >= 15 is 0 Å². The molecule has 0 radical (unpaired) electrons. The van der Waals surface area contributed by atoms with Gasteiger partial charge in [-0.15, -0.1) is 0 Å². The summed E-state index contributed by atoms with van der Waals surface area (Å²) in [6.45, 7) is 2.33. The highest BCUT2D eigenvalue weighted by molar-refractivity contribution is 7.92. The van der Waals surface area contributed by atoms with Crippen molar-refractivity contribution in [2.24, 2.45) is 0 Å². The Balaban J connectivity index is 1.40. The first-order valence-corrected chi connectivity index (χ1v) is 12.8. The minimum absolute atomic E-state index is 0.236. The van der Waals surface area contributed by atoms with Gasteiger partial charge in [-0.25, -0.2) is 13.4 Å². The van der Waals surface area contributed by atoms with Crippen LogP contribution in [-0.2, 0) is 14.8 Å². The van der Waals surface area contributed by atoms with E-state index in [9.17, 15) is 13.2 Å². The first-order chi connectivity index (χ1) is 16.8. The van der Waals surface area contributed by atoms with Crippen LogP contribution in [0.25, 0.3) is 22.3 Å². The van der Waals surface area contributed by atoms with Crippen molar-refractivity contribution in [3.63, 3.8) is 0 Å². The van der Waals surface area contributed by atoms with Gasteiger partial charge >= 0.3 is 0 Å². The van der Waals surface area contributed by atoms with Crippen LogP contribution in [0.3, 0.4) is 0 Å². The van der Waals surface area contributed by atoms with E-state index in [1.54, 1.807) is 49.5 Å². The number of benzene rings is 2. The molecule has 0 spiro atoms. The standard InChI is InChI=1S/C25H21ClN4O4S/c1-16-13-18(30-11-12-34-15-35(30,32)33)5-6-19(16)25(31)28-17-4-7-21(26)20(14-17)22-8-9-23-24(29-22)3-2-10-27-23/h2-10,13-14H,11-12,15H2,1H3,(H,28,31). The third-order valence-corrected chi connectivity index (χ3v) is 7.56. The number of ether oxygens (including phenoxy) is 1. The van der Waals surface area contributed by atoms with Crippen LogP contribution in [0.2, 0.25) is 5.02 Å². The van der Waals surface area contributed by atoms with E-state index in [1.807, 2.05) is 24.3 Å². The molecule has 8 nitrogen and oxygen atoms in total. The molecule has 5 rings (SSSR count). The molecule has 2 aromatic heterocycles. The predicted molar refractivity (Wildman–Crippen MR) is 136 cm³/mol. The number of nitrogens with one attached hydrogen (secondary N) is 1. The molecule has 4 aromatic rings. The summed E-state index contributed by atoms with van der Waals surface area (Å²) >= 11 is 6.44. The van der Waals surface area contributed by atoms with Gasteiger partial charge < -0.3 is 10.1 Å². The van der Waals surface area contributed by atoms with Crippen LogP contribution in [0.5, 0.6) is 0 Å². The van der Waals surface area contributed by atoms with E-state index in [-0.39, 0.29) is 18.4 Å². The summed E-state index contributed by atoms with van der Waals surface area (Å²) in [5, 5.41) is 3.40. The Morgan fingerprint density at radius 3 is 2.74 bits per heavy atom. The molecule has 1 fully saturated rings. The number of halogens is 1. The number of aromatic nitrogens is 2. The highest BCUT2D eigenvalue weighted by Crippen LogP contribution is 2.31. The fourth-order valence-electron chi connectivity index (χ4n) is 3.97. The SMILES string of the molecule is Cc1cc(N2CCOCS2(=O)=O)ccc1C(=O)Nc1ccc(Cl)c(-c2ccc3ncccc3n2)c1. The number of pyridine rings is 2. The van der Waals surface area contributed by atoms with Gasteiger partial charge in [-0.2, -0.15) is 0 Å². The second-order valence-corrected chi connectivity index (χ2v) is 10.3. The number of sulfonamides is 1. The number of nitrogens with zero attached hydrogens (tertiary/aromatic N) is 3. The number of fused-ring (bicyclic) bond motifs is 1. The average molecular weight is 509 g/mol. The van der Waals surface area contributed by atoms with Crippen LogP contribution in [0.15, 0.2) is 66.9 Å². The molecule has 178 valence electrons. The van der Waals surface area contributed by atoms with Crippen LogP contribution in [0, 0.1) is 6.92 Å². The fourth-order valence-corrected chi connectivity index (χ4v) is 5.42. The second kappa shape index (κ2) is 9.26. The molecule has 3 heterocycles. The molecule has 1 saturated heterocycles. The van der Waals surface area contributed by atoms with Gasteiger partial charge in [-0.05, 0) is 73.2 Å². The Hall–Kier alpha value is -3.53. The smallest absolute Gasteiger partial charge is 0.259 e. The maximum Gasteiger partial charge on any atom is 0.259 e. The quantitative estimate of drug-likeness (QED) is 0.431. The Bertz CT molecular complexity index is 1560. The third-order valence-electron chi connectivity index (χ3n) is 5.71. The van der Waals surface area contributed by atoms with Gasteiger partial charge in [0.05, 0.1) is 40.6 Å². The summed E-state index contributed by atoms with van der Waals surface area (Å²) in [5.41, 5.74) is 5.02. The lowest BCUT2D eigenvalue weighted by molar-refractivity contribution is 0.102.